The van der Waals surface area contributed by atoms with E-state index in [1.54, 1.807) is 6.07 Å². The normalized spacial score (nSPS) is 18.6. The number of hydrogen-bond donors (Lipinski definition) is 2. The molecule has 0 aromatic heterocycles. The van der Waals surface area contributed by atoms with Crippen LogP contribution in [0.15, 0.2) is 42.5 Å². The summed E-state index contributed by atoms with van der Waals surface area (Å²) in [6.07, 6.45) is -0.143. The van der Waals surface area contributed by atoms with Crippen molar-refractivity contribution in [3.05, 3.63) is 64.7 Å². The number of nitrogens with one attached hydrogen (secondary N) is 1. The highest BCUT2D eigenvalue weighted by Crippen LogP contribution is 2.45. The third-order valence-electron chi connectivity index (χ3n) is 4.12. The summed E-state index contributed by atoms with van der Waals surface area (Å²) in [4.78, 5) is 23.7. The van der Waals surface area contributed by atoms with Gasteiger partial charge >= 0.3 is 5.97 Å². The van der Waals surface area contributed by atoms with Crippen molar-refractivity contribution in [1.82, 2.24) is 5.32 Å². The minimum Gasteiger partial charge on any atom is -0.487 e. The fraction of sp³-hybridized carbons (Fsp3) is 0.222. The Morgan fingerprint density at radius 1 is 1.25 bits per heavy atom. The number of fused-ring (bicyclic) bond motifs is 1. The summed E-state index contributed by atoms with van der Waals surface area (Å²) < 4.78 is 6.77. The zero-order chi connectivity index (χ0) is 17.3. The van der Waals surface area contributed by atoms with E-state index in [-0.39, 0.29) is 29.1 Å². The maximum atomic E-state index is 12.2. The molecule has 1 aliphatic rings. The molecular weight excluding hydrogens is 421 g/mol. The lowest BCUT2D eigenvalue weighted by atomic mass is 9.87. The second-order valence-electron chi connectivity index (χ2n) is 5.53. The third-order valence-corrected chi connectivity index (χ3v) is 4.99. The molecule has 0 aliphatic carbocycles. The Morgan fingerprint density at radius 3 is 2.54 bits per heavy atom. The van der Waals surface area contributed by atoms with E-state index in [1.165, 1.54) is 13.1 Å². The molecule has 0 spiro atoms. The van der Waals surface area contributed by atoms with Gasteiger partial charge in [0.25, 0.3) is 5.91 Å². The molecule has 5 nitrogen and oxygen atoms in total. The zero-order valence-corrected chi connectivity index (χ0v) is 15.1. The lowest BCUT2D eigenvalue weighted by molar-refractivity contribution is 0.0696. The Balaban J connectivity index is 2.22. The van der Waals surface area contributed by atoms with Gasteiger partial charge in [-0.2, -0.15) is 0 Å². The molecule has 6 heteroatoms. The summed E-state index contributed by atoms with van der Waals surface area (Å²) in [5.41, 5.74) is 2.15. The van der Waals surface area contributed by atoms with Crippen molar-refractivity contribution in [3.63, 3.8) is 0 Å². The molecule has 1 heterocycles. The fourth-order valence-corrected chi connectivity index (χ4v) is 3.72. The first-order valence-electron chi connectivity index (χ1n) is 7.47. The molecule has 2 aromatic carbocycles. The van der Waals surface area contributed by atoms with E-state index < -0.39 is 5.97 Å². The number of amides is 1. The number of alkyl halides is 1. The van der Waals surface area contributed by atoms with Crippen molar-refractivity contribution < 1.29 is 19.4 Å². The van der Waals surface area contributed by atoms with E-state index >= 15 is 0 Å². The second kappa shape index (κ2) is 6.80. The summed E-state index contributed by atoms with van der Waals surface area (Å²) in [5, 5.41) is 12.0. The minimum atomic E-state index is -1.06. The lowest BCUT2D eigenvalue weighted by Gasteiger charge is -2.17. The van der Waals surface area contributed by atoms with Crippen LogP contribution in [0.4, 0.5) is 0 Å². The Kier molecular flexibility index (Phi) is 4.75. The molecule has 3 rings (SSSR count). The zero-order valence-electron chi connectivity index (χ0n) is 13.0. The highest BCUT2D eigenvalue weighted by atomic mass is 127. The second-order valence-corrected chi connectivity index (χ2v) is 6.41. The first kappa shape index (κ1) is 16.8. The molecule has 2 N–H and O–H groups in total. The number of carboxylic acid groups (broad SMARTS) is 1. The number of rotatable bonds is 4. The van der Waals surface area contributed by atoms with Gasteiger partial charge in [0.2, 0.25) is 0 Å². The van der Waals surface area contributed by atoms with Crippen LogP contribution in [0.5, 0.6) is 5.75 Å². The van der Waals surface area contributed by atoms with Gasteiger partial charge in [0.1, 0.15) is 11.9 Å². The summed E-state index contributed by atoms with van der Waals surface area (Å²) in [6.45, 7) is 0. The summed E-state index contributed by atoms with van der Waals surface area (Å²) in [7, 11) is 1.52. The molecule has 124 valence electrons. The van der Waals surface area contributed by atoms with Crippen LogP contribution in [0.2, 0.25) is 0 Å². The van der Waals surface area contributed by atoms with Gasteiger partial charge in [-0.1, -0.05) is 52.9 Å². The number of ether oxygens (including phenoxy) is 1. The smallest absolute Gasteiger partial charge is 0.335 e. The van der Waals surface area contributed by atoms with Crippen molar-refractivity contribution in [2.75, 3.05) is 11.5 Å². The largest absolute Gasteiger partial charge is 0.487 e. The first-order chi connectivity index (χ1) is 11.6. The van der Waals surface area contributed by atoms with Crippen molar-refractivity contribution in [1.29, 1.82) is 0 Å². The van der Waals surface area contributed by atoms with Gasteiger partial charge in [0, 0.05) is 17.0 Å². The van der Waals surface area contributed by atoms with Gasteiger partial charge < -0.3 is 15.2 Å². The Hall–Kier alpha value is -2.09. The van der Waals surface area contributed by atoms with E-state index in [4.69, 9.17) is 4.74 Å². The van der Waals surface area contributed by atoms with Crippen LogP contribution in [0.1, 0.15) is 37.8 Å². The maximum Gasteiger partial charge on any atom is 0.335 e. The molecule has 0 fully saturated rings. The van der Waals surface area contributed by atoms with Gasteiger partial charge in [-0.3, -0.25) is 4.79 Å². The highest BCUT2D eigenvalue weighted by molar-refractivity contribution is 14.1. The number of carbonyl (C=O) groups excluding carboxylic acids is 1. The number of halogens is 1. The maximum absolute atomic E-state index is 12.2. The minimum absolute atomic E-state index is 0.0889. The topological polar surface area (TPSA) is 75.6 Å². The van der Waals surface area contributed by atoms with Crippen molar-refractivity contribution in [3.8, 4) is 5.75 Å². The Bertz CT molecular complexity index is 791. The lowest BCUT2D eigenvalue weighted by Crippen LogP contribution is -2.22. The molecule has 2 atom stereocenters. The van der Waals surface area contributed by atoms with Crippen molar-refractivity contribution in [2.45, 2.75) is 12.0 Å². The standard InChI is InChI=1S/C18H16INO4/c1-20-17(21)13-8-11(18(22)23)7-12-15(10-5-3-2-4-6-10)14(9-19)24-16(12)13/h2-8,14-15H,9H2,1H3,(H,20,21)(H,22,23). The first-order valence-corrected chi connectivity index (χ1v) is 9.00. The Labute approximate surface area is 153 Å². The number of carbonyl (C=O) groups is 2. The monoisotopic (exact) mass is 437 g/mol. The van der Waals surface area contributed by atoms with E-state index in [0.29, 0.717) is 5.75 Å². The van der Waals surface area contributed by atoms with Crippen LogP contribution in [-0.2, 0) is 0 Å². The molecule has 0 saturated carbocycles. The van der Waals surface area contributed by atoms with Gasteiger partial charge in [-0.05, 0) is 17.7 Å². The molecule has 0 bridgehead atoms. The van der Waals surface area contributed by atoms with Crippen molar-refractivity contribution >= 4 is 34.5 Å². The average Bonchev–Trinajstić information content (AvgIpc) is 2.99. The van der Waals surface area contributed by atoms with Crippen LogP contribution in [0, 0.1) is 0 Å². The molecule has 0 radical (unpaired) electrons. The van der Waals surface area contributed by atoms with Gasteiger partial charge in [0.15, 0.2) is 0 Å². The van der Waals surface area contributed by atoms with Crippen molar-refractivity contribution in [2.24, 2.45) is 0 Å². The average molecular weight is 437 g/mol. The van der Waals surface area contributed by atoms with Crippen LogP contribution in [0.25, 0.3) is 0 Å². The van der Waals surface area contributed by atoms with Crippen LogP contribution < -0.4 is 10.1 Å². The molecule has 2 aromatic rings. The van der Waals surface area contributed by atoms with E-state index in [1.807, 2.05) is 30.3 Å². The van der Waals surface area contributed by atoms with Crippen LogP contribution in [-0.4, -0.2) is 34.6 Å². The van der Waals surface area contributed by atoms with Crippen LogP contribution >= 0.6 is 22.6 Å². The van der Waals surface area contributed by atoms with E-state index in [9.17, 15) is 14.7 Å². The summed E-state index contributed by atoms with van der Waals surface area (Å²) in [6, 6.07) is 12.8. The van der Waals surface area contributed by atoms with E-state index in [2.05, 4.69) is 27.9 Å². The molecular formula is C18H16INO4. The van der Waals surface area contributed by atoms with Gasteiger partial charge in [0.05, 0.1) is 17.0 Å². The predicted molar refractivity (Wildman–Crippen MR) is 98.4 cm³/mol. The van der Waals surface area contributed by atoms with Crippen LogP contribution in [0.3, 0.4) is 0 Å². The van der Waals surface area contributed by atoms with Gasteiger partial charge in [-0.15, -0.1) is 0 Å². The third kappa shape index (κ3) is 2.86. The number of carboxylic acids is 1. The quantitative estimate of drug-likeness (QED) is 0.570. The molecule has 2 unspecified atom stereocenters. The molecule has 0 saturated heterocycles. The predicted octanol–water partition coefficient (Wildman–Crippen LogP) is 3.07. The Morgan fingerprint density at radius 2 is 1.96 bits per heavy atom. The molecule has 1 amide bonds. The summed E-state index contributed by atoms with van der Waals surface area (Å²) >= 11 is 2.25. The van der Waals surface area contributed by atoms with Gasteiger partial charge in [-0.25, -0.2) is 4.79 Å². The SMILES string of the molecule is CNC(=O)c1cc(C(=O)O)cc2c1OC(CI)C2c1ccccc1. The fourth-order valence-electron chi connectivity index (χ4n) is 3.04. The highest BCUT2D eigenvalue weighted by Gasteiger charge is 2.38. The van der Waals surface area contributed by atoms with E-state index in [0.717, 1.165) is 15.6 Å². The number of benzene rings is 2. The summed E-state index contributed by atoms with van der Waals surface area (Å²) in [5.74, 6) is -1.03. The molecule has 1 aliphatic heterocycles. The number of hydrogen-bond acceptors (Lipinski definition) is 3. The molecule has 24 heavy (non-hydrogen) atoms. The number of aromatic carboxylic acids is 1.